The largest absolute Gasteiger partial charge is 0.508 e. The van der Waals surface area contributed by atoms with E-state index in [2.05, 4.69) is 0 Å². The van der Waals surface area contributed by atoms with E-state index in [-0.39, 0.29) is 11.4 Å². The molecule has 0 bridgehead atoms. The molecule has 0 aliphatic rings. The number of phenols is 1. The van der Waals surface area contributed by atoms with E-state index in [1.165, 1.54) is 18.2 Å². The predicted molar refractivity (Wildman–Crippen MR) is 70.0 cm³/mol. The molecule has 4 nitrogen and oxygen atoms in total. The van der Waals surface area contributed by atoms with Crippen LogP contribution < -0.4 is 0 Å². The van der Waals surface area contributed by atoms with Gasteiger partial charge < -0.3 is 5.11 Å². The van der Waals surface area contributed by atoms with E-state index in [1.54, 1.807) is 19.1 Å². The third-order valence-electron chi connectivity index (χ3n) is 2.50. The number of aryl methyl sites for hydroxylation is 1. The minimum absolute atomic E-state index is 0.120. The lowest BCUT2D eigenvalue weighted by Gasteiger charge is -2.05. The molecule has 6 heteroatoms. The van der Waals surface area contributed by atoms with Crippen LogP contribution in [0.4, 0.5) is 10.1 Å². The predicted octanol–water partition coefficient (Wildman–Crippen LogP) is 3.90. The number of hydrogen-bond acceptors (Lipinski definition) is 4. The van der Waals surface area contributed by atoms with Gasteiger partial charge in [0.25, 0.3) is 5.69 Å². The van der Waals surface area contributed by atoms with E-state index in [4.69, 9.17) is 0 Å². The van der Waals surface area contributed by atoms with Gasteiger partial charge >= 0.3 is 0 Å². The van der Waals surface area contributed by atoms with E-state index >= 15 is 0 Å². The molecule has 0 unspecified atom stereocenters. The molecule has 0 spiro atoms. The third kappa shape index (κ3) is 3.03. The van der Waals surface area contributed by atoms with Crippen LogP contribution in [0.25, 0.3) is 0 Å². The number of hydrogen-bond donors (Lipinski definition) is 1. The van der Waals surface area contributed by atoms with Crippen LogP contribution in [0.5, 0.6) is 5.75 Å². The molecule has 0 heterocycles. The minimum Gasteiger partial charge on any atom is -0.508 e. The van der Waals surface area contributed by atoms with Crippen LogP contribution in [0.2, 0.25) is 0 Å². The summed E-state index contributed by atoms with van der Waals surface area (Å²) in [6, 6.07) is 8.64. The average molecular weight is 279 g/mol. The van der Waals surface area contributed by atoms with Crippen LogP contribution in [0, 0.1) is 22.9 Å². The zero-order valence-corrected chi connectivity index (χ0v) is 10.8. The van der Waals surface area contributed by atoms with Crippen molar-refractivity contribution in [2.75, 3.05) is 0 Å². The summed E-state index contributed by atoms with van der Waals surface area (Å²) in [5, 5.41) is 20.1. The Morgan fingerprint density at radius 2 is 1.89 bits per heavy atom. The molecule has 1 N–H and O–H groups in total. The molecule has 0 aliphatic carbocycles. The summed E-state index contributed by atoms with van der Waals surface area (Å²) in [5.41, 5.74) is 0.0908. The molecule has 0 amide bonds. The fourth-order valence-electron chi connectivity index (χ4n) is 1.51. The Morgan fingerprint density at radius 3 is 2.47 bits per heavy atom. The molecule has 2 aromatic carbocycles. The van der Waals surface area contributed by atoms with Crippen LogP contribution in [0.3, 0.4) is 0 Å². The van der Waals surface area contributed by atoms with Crippen molar-refractivity contribution in [3.05, 3.63) is 57.9 Å². The Morgan fingerprint density at radius 1 is 1.26 bits per heavy atom. The molecule has 98 valence electrons. The van der Waals surface area contributed by atoms with Gasteiger partial charge in [0.15, 0.2) is 0 Å². The second-order valence-corrected chi connectivity index (χ2v) is 5.04. The number of rotatable bonds is 3. The number of nitro groups is 1. The smallest absolute Gasteiger partial charge is 0.286 e. The van der Waals surface area contributed by atoms with Crippen molar-refractivity contribution in [2.45, 2.75) is 16.7 Å². The number of nitro benzene ring substituents is 1. The van der Waals surface area contributed by atoms with Gasteiger partial charge in [-0.2, -0.15) is 0 Å². The van der Waals surface area contributed by atoms with Gasteiger partial charge in [-0.15, -0.1) is 0 Å². The van der Waals surface area contributed by atoms with Crippen molar-refractivity contribution in [3.63, 3.8) is 0 Å². The second kappa shape index (κ2) is 5.27. The Kier molecular flexibility index (Phi) is 3.71. The molecule has 0 atom stereocenters. The molecule has 19 heavy (non-hydrogen) atoms. The van der Waals surface area contributed by atoms with Crippen molar-refractivity contribution >= 4 is 17.4 Å². The summed E-state index contributed by atoms with van der Waals surface area (Å²) in [5.74, 6) is -0.476. The van der Waals surface area contributed by atoms with Gasteiger partial charge in [-0.1, -0.05) is 11.8 Å². The van der Waals surface area contributed by atoms with Gasteiger partial charge in [0.2, 0.25) is 0 Å². The molecular weight excluding hydrogens is 269 g/mol. The van der Waals surface area contributed by atoms with Gasteiger partial charge in [-0.25, -0.2) is 4.39 Å². The standard InChI is InChI=1S/C13H10FNO3S/c1-8-6-13(12(15(17)18)7-11(8)14)19-10-4-2-9(16)3-5-10/h2-7,16H,1H3. The summed E-state index contributed by atoms with van der Waals surface area (Å²) < 4.78 is 13.4. The van der Waals surface area contributed by atoms with E-state index in [0.717, 1.165) is 22.7 Å². The van der Waals surface area contributed by atoms with E-state index in [1.807, 2.05) is 0 Å². The molecule has 2 aromatic rings. The van der Waals surface area contributed by atoms with Gasteiger partial charge in [-0.3, -0.25) is 10.1 Å². The van der Waals surface area contributed by atoms with Crippen LogP contribution >= 0.6 is 11.8 Å². The Labute approximate surface area is 113 Å². The molecule has 0 radical (unpaired) electrons. The number of aromatic hydroxyl groups is 1. The fraction of sp³-hybridized carbons (Fsp3) is 0.0769. The van der Waals surface area contributed by atoms with Crippen LogP contribution in [0.1, 0.15) is 5.56 Å². The average Bonchev–Trinajstić information content (AvgIpc) is 2.36. The topological polar surface area (TPSA) is 63.4 Å². The van der Waals surface area contributed by atoms with Gasteiger partial charge in [0.1, 0.15) is 11.6 Å². The molecule has 0 saturated heterocycles. The van der Waals surface area contributed by atoms with Gasteiger partial charge in [-0.05, 0) is 42.8 Å². The summed E-state index contributed by atoms with van der Waals surface area (Å²) in [6.07, 6.45) is 0. The molecule has 0 aliphatic heterocycles. The highest BCUT2D eigenvalue weighted by molar-refractivity contribution is 7.99. The Bertz CT molecular complexity index is 629. The van der Waals surface area contributed by atoms with E-state index in [9.17, 15) is 19.6 Å². The van der Waals surface area contributed by atoms with Crippen molar-refractivity contribution in [1.29, 1.82) is 0 Å². The highest BCUT2D eigenvalue weighted by atomic mass is 32.2. The zero-order chi connectivity index (χ0) is 14.0. The first-order chi connectivity index (χ1) is 8.97. The third-order valence-corrected chi connectivity index (χ3v) is 3.56. The lowest BCUT2D eigenvalue weighted by molar-refractivity contribution is -0.387. The minimum atomic E-state index is -0.606. The zero-order valence-electron chi connectivity index (χ0n) is 9.96. The molecule has 0 aromatic heterocycles. The number of nitrogens with zero attached hydrogens (tertiary/aromatic N) is 1. The van der Waals surface area contributed by atoms with Gasteiger partial charge in [0, 0.05) is 4.90 Å². The van der Waals surface area contributed by atoms with Gasteiger partial charge in [0.05, 0.1) is 15.9 Å². The van der Waals surface area contributed by atoms with Crippen molar-refractivity contribution < 1.29 is 14.4 Å². The maximum atomic E-state index is 13.4. The number of halogens is 1. The number of benzene rings is 2. The fourth-order valence-corrected chi connectivity index (χ4v) is 2.51. The second-order valence-electron chi connectivity index (χ2n) is 3.92. The lowest BCUT2D eigenvalue weighted by atomic mass is 10.2. The lowest BCUT2D eigenvalue weighted by Crippen LogP contribution is -1.94. The summed E-state index contributed by atoms with van der Waals surface area (Å²) in [4.78, 5) is 11.4. The maximum Gasteiger partial charge on any atom is 0.286 e. The Balaban J connectivity index is 2.41. The molecule has 2 rings (SSSR count). The van der Waals surface area contributed by atoms with Crippen molar-refractivity contribution in [1.82, 2.24) is 0 Å². The molecule has 0 fully saturated rings. The highest BCUT2D eigenvalue weighted by Gasteiger charge is 2.17. The van der Waals surface area contributed by atoms with Crippen molar-refractivity contribution in [3.8, 4) is 5.75 Å². The number of phenolic OH excluding ortho intramolecular Hbond substituents is 1. The Hall–Kier alpha value is -2.08. The quantitative estimate of drug-likeness (QED) is 0.683. The molecule has 0 saturated carbocycles. The summed E-state index contributed by atoms with van der Waals surface area (Å²) >= 11 is 1.15. The first kappa shape index (κ1) is 13.4. The monoisotopic (exact) mass is 279 g/mol. The summed E-state index contributed by atoms with van der Waals surface area (Å²) in [7, 11) is 0. The first-order valence-corrected chi connectivity index (χ1v) is 6.20. The summed E-state index contributed by atoms with van der Waals surface area (Å²) in [6.45, 7) is 1.56. The first-order valence-electron chi connectivity index (χ1n) is 5.39. The SMILES string of the molecule is Cc1cc(Sc2ccc(O)cc2)c([N+](=O)[O-])cc1F. The van der Waals surface area contributed by atoms with Crippen LogP contribution in [-0.4, -0.2) is 10.0 Å². The van der Waals surface area contributed by atoms with Crippen LogP contribution in [0.15, 0.2) is 46.2 Å². The molecular formula is C13H10FNO3S. The normalized spacial score (nSPS) is 10.4. The maximum absolute atomic E-state index is 13.4. The van der Waals surface area contributed by atoms with E-state index < -0.39 is 10.7 Å². The van der Waals surface area contributed by atoms with E-state index in [0.29, 0.717) is 10.5 Å². The van der Waals surface area contributed by atoms with Crippen LogP contribution in [-0.2, 0) is 0 Å². The van der Waals surface area contributed by atoms with Crippen molar-refractivity contribution in [2.24, 2.45) is 0 Å². The highest BCUT2D eigenvalue weighted by Crippen LogP contribution is 2.36.